The van der Waals surface area contributed by atoms with Crippen molar-refractivity contribution in [2.24, 2.45) is 0 Å². The van der Waals surface area contributed by atoms with Gasteiger partial charge < -0.3 is 19.7 Å². The van der Waals surface area contributed by atoms with E-state index in [2.05, 4.69) is 25.3 Å². The summed E-state index contributed by atoms with van der Waals surface area (Å²) in [5.74, 6) is 1.36. The molecule has 2 aliphatic heterocycles. The summed E-state index contributed by atoms with van der Waals surface area (Å²) >= 11 is 0. The lowest BCUT2D eigenvalue weighted by atomic mass is 10.1. The van der Waals surface area contributed by atoms with Crippen LogP contribution in [0.5, 0.6) is 0 Å². The van der Waals surface area contributed by atoms with Crippen LogP contribution in [0.15, 0.2) is 4.52 Å². The molecule has 3 heterocycles. The summed E-state index contributed by atoms with van der Waals surface area (Å²) in [6.07, 6.45) is 1.96. The van der Waals surface area contributed by atoms with Gasteiger partial charge in [0, 0.05) is 45.7 Å². The Bertz CT molecular complexity index is 492. The van der Waals surface area contributed by atoms with Gasteiger partial charge in [0.15, 0.2) is 5.82 Å². The predicted molar refractivity (Wildman–Crippen MR) is 88.6 cm³/mol. The van der Waals surface area contributed by atoms with Gasteiger partial charge in [0.05, 0.1) is 25.9 Å². The van der Waals surface area contributed by atoms with Crippen molar-refractivity contribution in [2.75, 3.05) is 52.5 Å². The van der Waals surface area contributed by atoms with E-state index in [0.29, 0.717) is 18.5 Å². The molecule has 2 atom stereocenters. The Hall–Kier alpha value is -1.06. The zero-order valence-corrected chi connectivity index (χ0v) is 14.5. The first-order valence-electron chi connectivity index (χ1n) is 8.92. The molecule has 24 heavy (non-hydrogen) atoms. The van der Waals surface area contributed by atoms with Crippen molar-refractivity contribution >= 4 is 0 Å². The van der Waals surface area contributed by atoms with Gasteiger partial charge in [-0.25, -0.2) is 0 Å². The second-order valence-corrected chi connectivity index (χ2v) is 6.78. The molecule has 2 saturated heterocycles. The van der Waals surface area contributed by atoms with E-state index in [-0.39, 0.29) is 6.10 Å². The van der Waals surface area contributed by atoms with Gasteiger partial charge in [0.2, 0.25) is 5.89 Å². The van der Waals surface area contributed by atoms with Crippen molar-refractivity contribution in [3.05, 3.63) is 11.7 Å². The molecule has 2 fully saturated rings. The number of aliphatic hydroxyl groups is 1. The van der Waals surface area contributed by atoms with Crippen molar-refractivity contribution in [3.8, 4) is 0 Å². The minimum Gasteiger partial charge on any atom is -0.390 e. The number of aliphatic hydroxyl groups excluding tert-OH is 1. The van der Waals surface area contributed by atoms with E-state index in [1.807, 2.05) is 6.92 Å². The number of β-amino-alcohol motifs (C(OH)–C–C–N with tert-alkyl or cyclic N) is 1. The number of hydrogen-bond acceptors (Lipinski definition) is 8. The lowest BCUT2D eigenvalue weighted by Crippen LogP contribution is -2.49. The normalized spacial score (nSPS) is 25.0. The Morgan fingerprint density at radius 3 is 2.88 bits per heavy atom. The predicted octanol–water partition coefficient (Wildman–Crippen LogP) is -0.375. The lowest BCUT2D eigenvalue weighted by Gasteiger charge is -2.33. The second-order valence-electron chi connectivity index (χ2n) is 6.78. The van der Waals surface area contributed by atoms with E-state index >= 15 is 0 Å². The molecule has 0 radical (unpaired) electrons. The van der Waals surface area contributed by atoms with Gasteiger partial charge in [-0.1, -0.05) is 5.16 Å². The number of hydrogen-bond donors (Lipinski definition) is 2. The molecule has 8 heteroatoms. The molecular weight excluding hydrogens is 310 g/mol. The summed E-state index contributed by atoms with van der Waals surface area (Å²) in [7, 11) is 0. The standard InChI is InChI=1S/C16H29N5O3/c1-13-18-16(19-24-13)12-21-4-2-3-14(10-21)17-9-15(22)11-20-5-7-23-8-6-20/h14-15,17,22H,2-12H2,1H3/t14-,15+/m1/s1. The van der Waals surface area contributed by atoms with Gasteiger partial charge in [-0.05, 0) is 19.4 Å². The molecule has 2 aliphatic rings. The minimum absolute atomic E-state index is 0.335. The summed E-state index contributed by atoms with van der Waals surface area (Å²) in [5, 5.41) is 17.7. The number of nitrogens with zero attached hydrogens (tertiary/aromatic N) is 4. The van der Waals surface area contributed by atoms with Crippen molar-refractivity contribution in [2.45, 2.75) is 38.5 Å². The topological polar surface area (TPSA) is 86.9 Å². The number of likely N-dealkylation sites (tertiary alicyclic amines) is 1. The van der Waals surface area contributed by atoms with Gasteiger partial charge in [-0.3, -0.25) is 9.80 Å². The van der Waals surface area contributed by atoms with Crippen LogP contribution in [-0.2, 0) is 11.3 Å². The lowest BCUT2D eigenvalue weighted by molar-refractivity contribution is 0.0139. The second kappa shape index (κ2) is 8.87. The quantitative estimate of drug-likeness (QED) is 0.696. The van der Waals surface area contributed by atoms with Crippen LogP contribution >= 0.6 is 0 Å². The van der Waals surface area contributed by atoms with Crippen molar-refractivity contribution < 1.29 is 14.4 Å². The van der Waals surface area contributed by atoms with E-state index in [0.717, 1.165) is 71.1 Å². The average molecular weight is 339 g/mol. The fourth-order valence-corrected chi connectivity index (χ4v) is 3.42. The highest BCUT2D eigenvalue weighted by Gasteiger charge is 2.22. The first kappa shape index (κ1) is 17.8. The molecule has 0 unspecified atom stereocenters. The van der Waals surface area contributed by atoms with E-state index < -0.39 is 0 Å². The number of aromatic nitrogens is 2. The molecule has 0 saturated carbocycles. The number of nitrogens with one attached hydrogen (secondary N) is 1. The molecule has 3 rings (SSSR count). The third-order valence-electron chi connectivity index (χ3n) is 4.65. The molecule has 0 amide bonds. The summed E-state index contributed by atoms with van der Waals surface area (Å²) in [6.45, 7) is 9.28. The zero-order chi connectivity index (χ0) is 16.8. The monoisotopic (exact) mass is 339 g/mol. The number of aryl methyl sites for hydroxylation is 1. The Labute approximate surface area is 143 Å². The summed E-state index contributed by atoms with van der Waals surface area (Å²) in [5.41, 5.74) is 0. The molecular formula is C16H29N5O3. The van der Waals surface area contributed by atoms with Crippen molar-refractivity contribution in [1.82, 2.24) is 25.3 Å². The van der Waals surface area contributed by atoms with Crippen molar-refractivity contribution in [3.63, 3.8) is 0 Å². The molecule has 0 bridgehead atoms. The van der Waals surface area contributed by atoms with E-state index in [9.17, 15) is 5.11 Å². The molecule has 0 aromatic carbocycles. The molecule has 8 nitrogen and oxygen atoms in total. The van der Waals surface area contributed by atoms with Gasteiger partial charge in [-0.2, -0.15) is 4.98 Å². The average Bonchev–Trinajstić information content (AvgIpc) is 2.99. The Morgan fingerprint density at radius 2 is 2.12 bits per heavy atom. The van der Waals surface area contributed by atoms with Crippen LogP contribution in [0.2, 0.25) is 0 Å². The molecule has 136 valence electrons. The fourth-order valence-electron chi connectivity index (χ4n) is 3.42. The van der Waals surface area contributed by atoms with Crippen LogP contribution in [0.25, 0.3) is 0 Å². The van der Waals surface area contributed by atoms with Crippen LogP contribution in [-0.4, -0.2) is 89.7 Å². The zero-order valence-electron chi connectivity index (χ0n) is 14.5. The maximum Gasteiger partial charge on any atom is 0.223 e. The third-order valence-corrected chi connectivity index (χ3v) is 4.65. The molecule has 0 spiro atoms. The Kier molecular flexibility index (Phi) is 6.56. The third kappa shape index (κ3) is 5.49. The van der Waals surface area contributed by atoms with Gasteiger partial charge in [-0.15, -0.1) is 0 Å². The maximum atomic E-state index is 10.2. The van der Waals surface area contributed by atoms with E-state index in [4.69, 9.17) is 9.26 Å². The highest BCUT2D eigenvalue weighted by molar-refractivity contribution is 4.87. The van der Waals surface area contributed by atoms with Crippen LogP contribution in [0.4, 0.5) is 0 Å². The van der Waals surface area contributed by atoms with Gasteiger partial charge in [0.1, 0.15) is 0 Å². The maximum absolute atomic E-state index is 10.2. The summed E-state index contributed by atoms with van der Waals surface area (Å²) in [4.78, 5) is 8.89. The van der Waals surface area contributed by atoms with Gasteiger partial charge >= 0.3 is 0 Å². The molecule has 2 N–H and O–H groups in total. The Morgan fingerprint density at radius 1 is 1.29 bits per heavy atom. The summed E-state index contributed by atoms with van der Waals surface area (Å²) in [6, 6.07) is 0.408. The van der Waals surface area contributed by atoms with Crippen LogP contribution < -0.4 is 5.32 Å². The largest absolute Gasteiger partial charge is 0.390 e. The number of piperidine rings is 1. The smallest absolute Gasteiger partial charge is 0.223 e. The number of morpholine rings is 1. The molecule has 1 aromatic heterocycles. The number of ether oxygens (including phenoxy) is 1. The summed E-state index contributed by atoms with van der Waals surface area (Å²) < 4.78 is 10.4. The van der Waals surface area contributed by atoms with E-state index in [1.165, 1.54) is 0 Å². The van der Waals surface area contributed by atoms with E-state index in [1.54, 1.807) is 0 Å². The highest BCUT2D eigenvalue weighted by Crippen LogP contribution is 2.12. The molecule has 1 aromatic rings. The fraction of sp³-hybridized carbons (Fsp3) is 0.875. The van der Waals surface area contributed by atoms with Crippen molar-refractivity contribution in [1.29, 1.82) is 0 Å². The van der Waals surface area contributed by atoms with Crippen LogP contribution in [0.3, 0.4) is 0 Å². The molecule has 0 aliphatic carbocycles. The van der Waals surface area contributed by atoms with Gasteiger partial charge in [0.25, 0.3) is 0 Å². The first-order chi connectivity index (χ1) is 11.7. The van der Waals surface area contributed by atoms with Crippen LogP contribution in [0, 0.1) is 6.92 Å². The first-order valence-corrected chi connectivity index (χ1v) is 8.92. The Balaban J connectivity index is 1.37. The highest BCUT2D eigenvalue weighted by atomic mass is 16.5. The number of rotatable bonds is 7. The van der Waals surface area contributed by atoms with Crippen LogP contribution in [0.1, 0.15) is 24.6 Å². The SMILES string of the molecule is Cc1nc(CN2CCC[C@@H](NC[C@H](O)CN3CCOCC3)C2)no1. The minimum atomic E-state index is -0.335.